The summed E-state index contributed by atoms with van der Waals surface area (Å²) in [6, 6.07) is 9.85. The first-order valence-corrected chi connectivity index (χ1v) is 7.93. The van der Waals surface area contributed by atoms with E-state index >= 15 is 0 Å². The lowest BCUT2D eigenvalue weighted by atomic mass is 10.2. The minimum Gasteiger partial charge on any atom is -0.367 e. The summed E-state index contributed by atoms with van der Waals surface area (Å²) in [5.41, 5.74) is 1.64. The maximum absolute atomic E-state index is 11.0. The molecule has 2 aromatic rings. The zero-order valence-corrected chi connectivity index (χ0v) is 13.2. The van der Waals surface area contributed by atoms with E-state index in [-0.39, 0.29) is 5.91 Å². The summed E-state index contributed by atoms with van der Waals surface area (Å²) in [7, 11) is 0. The number of nitrogens with one attached hydrogen (secondary N) is 3. The number of anilines is 4. The third kappa shape index (κ3) is 4.42. The van der Waals surface area contributed by atoms with Crippen molar-refractivity contribution in [1.82, 2.24) is 9.97 Å². The molecule has 1 fully saturated rings. The zero-order chi connectivity index (χ0) is 16.1. The number of nitrogens with zero attached hydrogens (tertiary/aromatic N) is 2. The van der Waals surface area contributed by atoms with Crippen molar-refractivity contribution in [3.05, 3.63) is 36.5 Å². The average Bonchev–Trinajstić information content (AvgIpc) is 3.02. The summed E-state index contributed by atoms with van der Waals surface area (Å²) in [6.45, 7) is 1.49. The predicted octanol–water partition coefficient (Wildman–Crippen LogP) is 3.53. The first-order valence-electron chi connectivity index (χ1n) is 7.93. The molecule has 1 aromatic heterocycles. The predicted molar refractivity (Wildman–Crippen MR) is 91.9 cm³/mol. The van der Waals surface area contributed by atoms with E-state index in [2.05, 4.69) is 25.9 Å². The lowest BCUT2D eigenvalue weighted by Crippen LogP contribution is -2.15. The van der Waals surface area contributed by atoms with Gasteiger partial charge in [0.15, 0.2) is 0 Å². The maximum atomic E-state index is 11.0. The number of amides is 1. The fourth-order valence-corrected chi connectivity index (χ4v) is 2.75. The molecular formula is C17H21N5O. The van der Waals surface area contributed by atoms with Crippen molar-refractivity contribution in [2.24, 2.45) is 0 Å². The third-order valence-electron chi connectivity index (χ3n) is 3.82. The Balaban J connectivity index is 1.63. The van der Waals surface area contributed by atoms with Gasteiger partial charge in [0, 0.05) is 30.5 Å². The zero-order valence-electron chi connectivity index (χ0n) is 13.2. The summed E-state index contributed by atoms with van der Waals surface area (Å²) in [5.74, 6) is 1.32. The molecule has 0 saturated heterocycles. The molecule has 0 radical (unpaired) electrons. The highest BCUT2D eigenvalue weighted by Gasteiger charge is 2.15. The molecule has 1 aromatic carbocycles. The number of hydrogen-bond donors (Lipinski definition) is 3. The summed E-state index contributed by atoms with van der Waals surface area (Å²) < 4.78 is 0. The molecule has 0 atom stereocenters. The van der Waals surface area contributed by atoms with Gasteiger partial charge in [-0.3, -0.25) is 4.79 Å². The molecule has 0 unspecified atom stereocenters. The van der Waals surface area contributed by atoms with E-state index in [0.29, 0.717) is 12.0 Å². The molecule has 3 rings (SSSR count). The van der Waals surface area contributed by atoms with Crippen molar-refractivity contribution in [2.45, 2.75) is 38.6 Å². The fraction of sp³-hybridized carbons (Fsp3) is 0.353. The van der Waals surface area contributed by atoms with Crippen LogP contribution in [0.3, 0.4) is 0 Å². The van der Waals surface area contributed by atoms with Gasteiger partial charge >= 0.3 is 0 Å². The Morgan fingerprint density at radius 3 is 2.48 bits per heavy atom. The summed E-state index contributed by atoms with van der Waals surface area (Å²) >= 11 is 0. The molecule has 6 nitrogen and oxygen atoms in total. The van der Waals surface area contributed by atoms with Crippen LogP contribution < -0.4 is 16.0 Å². The topological polar surface area (TPSA) is 78.9 Å². The van der Waals surface area contributed by atoms with Crippen LogP contribution in [0.4, 0.5) is 23.1 Å². The average molecular weight is 311 g/mol. The minimum atomic E-state index is -0.0836. The number of rotatable bonds is 5. The smallest absolute Gasteiger partial charge is 0.229 e. The van der Waals surface area contributed by atoms with Crippen LogP contribution in [0, 0.1) is 0 Å². The van der Waals surface area contributed by atoms with Gasteiger partial charge in [-0.05, 0) is 43.2 Å². The van der Waals surface area contributed by atoms with Crippen LogP contribution in [0.25, 0.3) is 0 Å². The van der Waals surface area contributed by atoms with Crippen LogP contribution in [0.5, 0.6) is 0 Å². The molecule has 0 spiro atoms. The van der Waals surface area contributed by atoms with Crippen LogP contribution >= 0.6 is 0 Å². The summed E-state index contributed by atoms with van der Waals surface area (Å²) in [4.78, 5) is 19.8. The van der Waals surface area contributed by atoms with Crippen molar-refractivity contribution >= 4 is 29.0 Å². The lowest BCUT2D eigenvalue weighted by Gasteiger charge is -2.13. The van der Waals surface area contributed by atoms with Gasteiger partial charge in [-0.2, -0.15) is 4.98 Å². The van der Waals surface area contributed by atoms with E-state index in [1.54, 1.807) is 6.20 Å². The fourth-order valence-electron chi connectivity index (χ4n) is 2.75. The number of aromatic nitrogens is 2. The van der Waals surface area contributed by atoms with Crippen molar-refractivity contribution in [3.8, 4) is 0 Å². The van der Waals surface area contributed by atoms with Crippen LogP contribution in [-0.2, 0) is 4.79 Å². The van der Waals surface area contributed by atoms with E-state index in [4.69, 9.17) is 0 Å². The molecule has 0 aliphatic heterocycles. The molecule has 3 N–H and O–H groups in total. The summed E-state index contributed by atoms with van der Waals surface area (Å²) in [6.07, 6.45) is 6.73. The van der Waals surface area contributed by atoms with Gasteiger partial charge in [-0.15, -0.1) is 0 Å². The highest BCUT2D eigenvalue weighted by molar-refractivity contribution is 5.88. The molecule has 0 bridgehead atoms. The Morgan fingerprint density at radius 2 is 1.78 bits per heavy atom. The minimum absolute atomic E-state index is 0.0836. The highest BCUT2D eigenvalue weighted by atomic mass is 16.1. The lowest BCUT2D eigenvalue weighted by molar-refractivity contribution is -0.114. The van der Waals surface area contributed by atoms with Crippen LogP contribution in [-0.4, -0.2) is 21.9 Å². The Hall–Kier alpha value is -2.63. The van der Waals surface area contributed by atoms with Crippen LogP contribution in [0.1, 0.15) is 32.6 Å². The third-order valence-corrected chi connectivity index (χ3v) is 3.82. The van der Waals surface area contributed by atoms with Gasteiger partial charge in [-0.25, -0.2) is 4.98 Å². The number of carbonyl (C=O) groups excluding carboxylic acids is 1. The van der Waals surface area contributed by atoms with Gasteiger partial charge in [0.05, 0.1) is 0 Å². The van der Waals surface area contributed by atoms with E-state index in [1.807, 2.05) is 30.3 Å². The van der Waals surface area contributed by atoms with E-state index in [0.717, 1.165) is 17.2 Å². The van der Waals surface area contributed by atoms with Crippen molar-refractivity contribution in [1.29, 1.82) is 0 Å². The normalized spacial score (nSPS) is 14.5. The Bertz CT molecular complexity index is 665. The maximum Gasteiger partial charge on any atom is 0.229 e. The van der Waals surface area contributed by atoms with Crippen LogP contribution in [0.2, 0.25) is 0 Å². The SMILES string of the molecule is CC(=O)Nc1ccc(Nc2nccc(NC3CCCC3)n2)cc1. The van der Waals surface area contributed by atoms with Gasteiger partial charge in [0.2, 0.25) is 11.9 Å². The highest BCUT2D eigenvalue weighted by Crippen LogP contribution is 2.22. The molecule has 1 aliphatic rings. The molecule has 1 saturated carbocycles. The first kappa shape index (κ1) is 15.3. The second-order valence-electron chi connectivity index (χ2n) is 5.77. The van der Waals surface area contributed by atoms with Crippen molar-refractivity contribution in [2.75, 3.05) is 16.0 Å². The van der Waals surface area contributed by atoms with Gasteiger partial charge in [0.1, 0.15) is 5.82 Å². The standard InChI is InChI=1S/C17H21N5O/c1-12(23)19-14-6-8-15(9-7-14)21-17-18-11-10-16(22-17)20-13-4-2-3-5-13/h6-11,13H,2-5H2,1H3,(H,19,23)(H2,18,20,21,22). The monoisotopic (exact) mass is 311 g/mol. The first-order chi connectivity index (χ1) is 11.2. The Morgan fingerprint density at radius 1 is 1.09 bits per heavy atom. The van der Waals surface area contributed by atoms with Crippen LogP contribution in [0.15, 0.2) is 36.5 Å². The molecule has 6 heteroatoms. The molecular weight excluding hydrogens is 290 g/mol. The molecule has 1 amide bonds. The second-order valence-corrected chi connectivity index (χ2v) is 5.77. The molecule has 1 aliphatic carbocycles. The largest absolute Gasteiger partial charge is 0.367 e. The summed E-state index contributed by atoms with van der Waals surface area (Å²) in [5, 5.41) is 9.37. The molecule has 120 valence electrons. The van der Waals surface area contributed by atoms with Gasteiger partial charge < -0.3 is 16.0 Å². The molecule has 23 heavy (non-hydrogen) atoms. The van der Waals surface area contributed by atoms with Gasteiger partial charge in [0.25, 0.3) is 0 Å². The number of hydrogen-bond acceptors (Lipinski definition) is 5. The van der Waals surface area contributed by atoms with Crippen molar-refractivity contribution < 1.29 is 4.79 Å². The number of carbonyl (C=O) groups is 1. The quantitative estimate of drug-likeness (QED) is 0.787. The Kier molecular flexibility index (Phi) is 4.71. The number of benzene rings is 1. The second kappa shape index (κ2) is 7.09. The molecule has 1 heterocycles. The van der Waals surface area contributed by atoms with E-state index < -0.39 is 0 Å². The van der Waals surface area contributed by atoms with E-state index in [1.165, 1.54) is 32.6 Å². The van der Waals surface area contributed by atoms with Crippen molar-refractivity contribution in [3.63, 3.8) is 0 Å². The Labute approximate surface area is 135 Å². The van der Waals surface area contributed by atoms with Gasteiger partial charge in [-0.1, -0.05) is 12.8 Å². The van der Waals surface area contributed by atoms with E-state index in [9.17, 15) is 4.79 Å².